The minimum Gasteiger partial charge on any atom is -0.336 e. The second kappa shape index (κ2) is 8.47. The lowest BCUT2D eigenvalue weighted by Gasteiger charge is -2.17. The topological polar surface area (TPSA) is 34.0 Å². The number of aromatic nitrogens is 1. The molecule has 0 radical (unpaired) electrons. The maximum Gasteiger partial charge on any atom is 0.272 e. The number of hydrogen-bond acceptors (Lipinski definition) is 1. The Balaban J connectivity index is 1.70. The van der Waals surface area contributed by atoms with Gasteiger partial charge in [-0.05, 0) is 73.4 Å². The van der Waals surface area contributed by atoms with Gasteiger partial charge in [0.05, 0.1) is 6.54 Å². The van der Waals surface area contributed by atoms with E-state index in [-0.39, 0.29) is 11.7 Å². The summed E-state index contributed by atoms with van der Waals surface area (Å²) >= 11 is 0. The van der Waals surface area contributed by atoms with Gasteiger partial charge in [0.25, 0.3) is 5.91 Å². The molecule has 1 amide bonds. The van der Waals surface area contributed by atoms with Crippen molar-refractivity contribution < 1.29 is 9.18 Å². The maximum atomic E-state index is 14.4. The molecule has 1 aromatic heterocycles. The number of amides is 1. The van der Waals surface area contributed by atoms with Gasteiger partial charge in [-0.3, -0.25) is 4.79 Å². The number of carbonyl (C=O) groups excluding carboxylic acids is 1. The van der Waals surface area contributed by atoms with Crippen molar-refractivity contribution in [2.24, 2.45) is 0 Å². The molecule has 0 spiro atoms. The molecule has 0 atom stereocenters. The quantitative estimate of drug-likeness (QED) is 0.537. The van der Waals surface area contributed by atoms with Crippen LogP contribution in [0.5, 0.6) is 0 Å². The SMILES string of the molecule is Cc1c2c(n(Cc3ccccc3F)c1C(=O)Nc1ccc(C(C)C)cc1)CCCC2. The van der Waals surface area contributed by atoms with E-state index in [2.05, 4.69) is 31.3 Å². The molecule has 4 heteroatoms. The molecule has 0 saturated carbocycles. The molecular formula is C26H29FN2O. The smallest absolute Gasteiger partial charge is 0.272 e. The number of rotatable bonds is 5. The fourth-order valence-corrected chi connectivity index (χ4v) is 4.48. The van der Waals surface area contributed by atoms with Gasteiger partial charge in [-0.25, -0.2) is 4.39 Å². The van der Waals surface area contributed by atoms with Gasteiger partial charge in [0.15, 0.2) is 0 Å². The standard InChI is InChI=1S/C26H29FN2O/c1-17(2)19-12-14-21(15-13-19)28-26(30)25-18(3)22-9-5-7-11-24(22)29(25)16-20-8-4-6-10-23(20)27/h4,6,8,10,12-15,17H,5,7,9,11,16H2,1-3H3,(H,28,30). The molecule has 1 N–H and O–H groups in total. The summed E-state index contributed by atoms with van der Waals surface area (Å²) < 4.78 is 16.4. The van der Waals surface area contributed by atoms with Gasteiger partial charge in [-0.15, -0.1) is 0 Å². The fraction of sp³-hybridized carbons (Fsp3) is 0.346. The molecule has 2 aromatic carbocycles. The Morgan fingerprint density at radius 1 is 1.07 bits per heavy atom. The van der Waals surface area contributed by atoms with Gasteiger partial charge < -0.3 is 9.88 Å². The van der Waals surface area contributed by atoms with Crippen LogP contribution >= 0.6 is 0 Å². The van der Waals surface area contributed by atoms with Gasteiger partial charge >= 0.3 is 0 Å². The Hall–Kier alpha value is -2.88. The predicted molar refractivity (Wildman–Crippen MR) is 120 cm³/mol. The van der Waals surface area contributed by atoms with Gasteiger partial charge in [0.1, 0.15) is 11.5 Å². The first-order chi connectivity index (χ1) is 14.5. The van der Waals surface area contributed by atoms with Crippen LogP contribution in [-0.2, 0) is 19.4 Å². The van der Waals surface area contributed by atoms with E-state index in [0.29, 0.717) is 23.7 Å². The minimum atomic E-state index is -0.232. The zero-order valence-corrected chi connectivity index (χ0v) is 18.0. The molecular weight excluding hydrogens is 375 g/mol. The molecule has 0 bridgehead atoms. The van der Waals surface area contributed by atoms with E-state index >= 15 is 0 Å². The van der Waals surface area contributed by atoms with Crippen LogP contribution in [0, 0.1) is 12.7 Å². The Bertz CT molecular complexity index is 1060. The third kappa shape index (κ3) is 3.91. The predicted octanol–water partition coefficient (Wildman–Crippen LogP) is 6.24. The second-order valence-corrected chi connectivity index (χ2v) is 8.51. The number of nitrogens with zero attached hydrogens (tertiary/aromatic N) is 1. The number of hydrogen-bond donors (Lipinski definition) is 1. The normalized spacial score (nSPS) is 13.4. The molecule has 0 saturated heterocycles. The van der Waals surface area contributed by atoms with Crippen molar-refractivity contribution in [1.29, 1.82) is 0 Å². The molecule has 4 rings (SSSR count). The Kier molecular flexibility index (Phi) is 5.76. The summed E-state index contributed by atoms with van der Waals surface area (Å²) in [6.45, 7) is 6.70. The Morgan fingerprint density at radius 2 is 1.77 bits per heavy atom. The first-order valence-corrected chi connectivity index (χ1v) is 10.8. The van der Waals surface area contributed by atoms with Crippen molar-refractivity contribution in [1.82, 2.24) is 4.57 Å². The fourth-order valence-electron chi connectivity index (χ4n) is 4.48. The number of halogens is 1. The van der Waals surface area contributed by atoms with Crippen molar-refractivity contribution in [3.63, 3.8) is 0 Å². The van der Waals surface area contributed by atoms with Crippen molar-refractivity contribution >= 4 is 11.6 Å². The Labute approximate surface area is 177 Å². The Morgan fingerprint density at radius 3 is 2.47 bits per heavy atom. The van der Waals surface area contributed by atoms with Crippen LogP contribution in [0.15, 0.2) is 48.5 Å². The number of anilines is 1. The van der Waals surface area contributed by atoms with Crippen LogP contribution in [0.4, 0.5) is 10.1 Å². The van der Waals surface area contributed by atoms with E-state index in [9.17, 15) is 9.18 Å². The minimum absolute atomic E-state index is 0.129. The third-order valence-corrected chi connectivity index (χ3v) is 6.18. The van der Waals surface area contributed by atoms with Gasteiger partial charge in [0.2, 0.25) is 0 Å². The molecule has 0 fully saturated rings. The number of nitrogens with one attached hydrogen (secondary N) is 1. The third-order valence-electron chi connectivity index (χ3n) is 6.18. The lowest BCUT2D eigenvalue weighted by Crippen LogP contribution is -2.20. The highest BCUT2D eigenvalue weighted by atomic mass is 19.1. The summed E-state index contributed by atoms with van der Waals surface area (Å²) in [5.41, 5.74) is 6.75. The maximum absolute atomic E-state index is 14.4. The van der Waals surface area contributed by atoms with E-state index in [1.54, 1.807) is 12.1 Å². The van der Waals surface area contributed by atoms with Crippen molar-refractivity contribution in [2.45, 2.75) is 58.9 Å². The molecule has 3 nitrogen and oxygen atoms in total. The average molecular weight is 405 g/mol. The van der Waals surface area contributed by atoms with Crippen LogP contribution in [0.3, 0.4) is 0 Å². The molecule has 30 heavy (non-hydrogen) atoms. The van der Waals surface area contributed by atoms with Gasteiger partial charge in [0, 0.05) is 16.9 Å². The van der Waals surface area contributed by atoms with Crippen LogP contribution in [0.25, 0.3) is 0 Å². The van der Waals surface area contributed by atoms with Crippen molar-refractivity contribution in [2.75, 3.05) is 5.32 Å². The molecule has 1 heterocycles. The highest BCUT2D eigenvalue weighted by Gasteiger charge is 2.26. The number of carbonyl (C=O) groups is 1. The molecule has 1 aliphatic carbocycles. The molecule has 3 aromatic rings. The lowest BCUT2D eigenvalue weighted by molar-refractivity contribution is 0.101. The van der Waals surface area contributed by atoms with Gasteiger partial charge in [-0.2, -0.15) is 0 Å². The number of fused-ring (bicyclic) bond motifs is 1. The number of benzene rings is 2. The van der Waals surface area contributed by atoms with Crippen LogP contribution < -0.4 is 5.32 Å². The zero-order valence-electron chi connectivity index (χ0n) is 18.0. The summed E-state index contributed by atoms with van der Waals surface area (Å²) in [5.74, 6) is 0.0845. The van der Waals surface area contributed by atoms with E-state index in [1.165, 1.54) is 22.9 Å². The largest absolute Gasteiger partial charge is 0.336 e. The van der Waals surface area contributed by atoms with Crippen LogP contribution in [0.1, 0.15) is 71.0 Å². The van der Waals surface area contributed by atoms with Gasteiger partial charge in [-0.1, -0.05) is 44.2 Å². The molecule has 156 valence electrons. The van der Waals surface area contributed by atoms with E-state index < -0.39 is 0 Å². The summed E-state index contributed by atoms with van der Waals surface area (Å²) in [6, 6.07) is 14.8. The van der Waals surface area contributed by atoms with E-state index in [4.69, 9.17) is 0 Å². The highest BCUT2D eigenvalue weighted by molar-refractivity contribution is 6.04. The highest BCUT2D eigenvalue weighted by Crippen LogP contribution is 2.31. The first kappa shape index (κ1) is 20.4. The molecule has 0 aliphatic heterocycles. The summed E-state index contributed by atoms with van der Waals surface area (Å²) in [4.78, 5) is 13.3. The first-order valence-electron chi connectivity index (χ1n) is 10.8. The molecule has 1 aliphatic rings. The second-order valence-electron chi connectivity index (χ2n) is 8.51. The average Bonchev–Trinajstić information content (AvgIpc) is 3.02. The van der Waals surface area contributed by atoms with Crippen molar-refractivity contribution in [3.8, 4) is 0 Å². The summed E-state index contributed by atoms with van der Waals surface area (Å²) in [5, 5.41) is 3.06. The van der Waals surface area contributed by atoms with E-state index in [0.717, 1.165) is 36.9 Å². The monoisotopic (exact) mass is 404 g/mol. The summed E-state index contributed by atoms with van der Waals surface area (Å²) in [7, 11) is 0. The van der Waals surface area contributed by atoms with E-state index in [1.807, 2.05) is 29.7 Å². The lowest BCUT2D eigenvalue weighted by atomic mass is 9.95. The van der Waals surface area contributed by atoms with Crippen LogP contribution in [-0.4, -0.2) is 10.5 Å². The summed E-state index contributed by atoms with van der Waals surface area (Å²) in [6.07, 6.45) is 4.15. The molecule has 0 unspecified atom stereocenters. The van der Waals surface area contributed by atoms with Crippen molar-refractivity contribution in [3.05, 3.63) is 88.0 Å². The zero-order chi connectivity index (χ0) is 21.3. The van der Waals surface area contributed by atoms with Crippen LogP contribution in [0.2, 0.25) is 0 Å².